The number of phosphoric acid groups is 1. The topological polar surface area (TPSA) is 163 Å². The van der Waals surface area contributed by atoms with Gasteiger partial charge in [-0.3, -0.25) is 9.59 Å². The molecule has 31 heavy (non-hydrogen) atoms. The van der Waals surface area contributed by atoms with Gasteiger partial charge in [0, 0.05) is 45.3 Å². The Morgan fingerprint density at radius 3 is 1.77 bits per heavy atom. The van der Waals surface area contributed by atoms with Gasteiger partial charge in [-0.05, 0) is 0 Å². The summed E-state index contributed by atoms with van der Waals surface area (Å²) in [5.74, 6) is 0.0485. The summed E-state index contributed by atoms with van der Waals surface area (Å²) in [4.78, 5) is 50.0. The summed E-state index contributed by atoms with van der Waals surface area (Å²) in [5.41, 5.74) is 1.89. The molecule has 0 amide bonds. The van der Waals surface area contributed by atoms with Crippen LogP contribution in [0.1, 0.15) is 4.28 Å². The molecule has 3 fully saturated rings. The van der Waals surface area contributed by atoms with Gasteiger partial charge in [0.15, 0.2) is 0 Å². The zero-order valence-corrected chi connectivity index (χ0v) is 25.4. The van der Waals surface area contributed by atoms with Gasteiger partial charge in [0.25, 0.3) is 0 Å². The van der Waals surface area contributed by atoms with E-state index in [-0.39, 0.29) is 105 Å². The fourth-order valence-corrected chi connectivity index (χ4v) is 3.71. The first kappa shape index (κ1) is 32.2. The van der Waals surface area contributed by atoms with E-state index in [9.17, 15) is 22.6 Å². The zero-order valence-electron chi connectivity index (χ0n) is 20.7. The van der Waals surface area contributed by atoms with Gasteiger partial charge in [-0.2, -0.15) is 8.42 Å². The van der Waals surface area contributed by atoms with Gasteiger partial charge >= 0.3 is 107 Å². The van der Waals surface area contributed by atoms with Crippen LogP contribution in [0.4, 0.5) is 0 Å². The number of Topliss-reactive ketones (excluding diaryl/α,β-unsaturated/α-hetero) is 1. The number of hydrogen-bond donors (Lipinski definition) is 2. The van der Waals surface area contributed by atoms with Crippen LogP contribution >= 0.6 is 7.82 Å². The average molecular weight is 511 g/mol. The van der Waals surface area contributed by atoms with Crippen molar-refractivity contribution >= 4 is 29.8 Å². The molecule has 3 aliphatic heterocycles. The molecule has 0 spiro atoms. The molecule has 0 aromatic heterocycles. The molecule has 0 saturated carbocycles. The van der Waals surface area contributed by atoms with E-state index in [1.54, 1.807) is 0 Å². The molecule has 0 atom stereocenters. The first-order valence-corrected chi connectivity index (χ1v) is 10.9. The minimum Gasteiger partial charge on any atom is -1.00 e. The Balaban J connectivity index is -0.000000242. The number of ketones is 2. The fourth-order valence-electron chi connectivity index (χ4n) is 2.49. The molecule has 2 N–H and O–H groups in total. The van der Waals surface area contributed by atoms with Crippen molar-refractivity contribution in [1.82, 2.24) is 14.7 Å². The Morgan fingerprint density at radius 1 is 0.935 bits per heavy atom. The van der Waals surface area contributed by atoms with E-state index in [0.717, 1.165) is 46.4 Å². The normalized spacial score (nSPS) is 19.3. The smallest absolute Gasteiger partial charge is 1.00 e. The Labute approximate surface area is 249 Å². The maximum absolute atomic E-state index is 12.4. The van der Waals surface area contributed by atoms with Crippen molar-refractivity contribution in [3.63, 3.8) is 0 Å². The molecule has 0 unspecified atom stereocenters. The standard InChI is InChI=1S/C12H13N3O2.CH5O8PS.3Na.3H/c16-9-7-8(13-1-2-13)12(17)11(15-5-6-15)10(9)14-3-4-14;1-7-8-11(5,6)9-10(2,3)4;;;;;;/h7H,1-6H2;1H3,(H2,2,3,4);;;;;;/q;;3*+1;3*-1. The molecule has 1 aliphatic carbocycles. The van der Waals surface area contributed by atoms with E-state index in [2.05, 4.69) is 13.2 Å². The van der Waals surface area contributed by atoms with Crippen molar-refractivity contribution in [1.29, 1.82) is 0 Å². The third kappa shape index (κ3) is 9.76. The number of hydrogen-bond acceptors (Lipinski definition) is 11. The summed E-state index contributed by atoms with van der Waals surface area (Å²) < 4.78 is 36.8. The molecule has 3 heterocycles. The third-order valence-electron chi connectivity index (χ3n) is 3.83. The summed E-state index contributed by atoms with van der Waals surface area (Å²) in [6.07, 6.45) is 1.52. The average Bonchev–Trinajstić information content (AvgIpc) is 3.42. The van der Waals surface area contributed by atoms with E-state index >= 15 is 0 Å². The summed E-state index contributed by atoms with van der Waals surface area (Å²) >= 11 is 0. The van der Waals surface area contributed by atoms with Crippen LogP contribution in [0.15, 0.2) is 23.2 Å². The molecule has 162 valence electrons. The van der Waals surface area contributed by atoms with Crippen LogP contribution in [0, 0.1) is 0 Å². The summed E-state index contributed by atoms with van der Waals surface area (Å²) in [6, 6.07) is 0. The minimum absolute atomic E-state index is 0. The van der Waals surface area contributed by atoms with E-state index in [1.165, 1.54) is 6.08 Å². The molecule has 0 aromatic carbocycles. The van der Waals surface area contributed by atoms with Crippen LogP contribution in [0.5, 0.6) is 0 Å². The quantitative estimate of drug-likeness (QED) is 0.0828. The molecule has 0 bridgehead atoms. The molecule has 0 aromatic rings. The van der Waals surface area contributed by atoms with Gasteiger partial charge in [0.2, 0.25) is 11.6 Å². The predicted octanol–water partition coefficient (Wildman–Crippen LogP) is -10.6. The zero-order chi connectivity index (χ0) is 20.7. The van der Waals surface area contributed by atoms with Gasteiger partial charge in [-0.15, -0.1) is 3.97 Å². The predicted molar refractivity (Wildman–Crippen MR) is 93.3 cm³/mol. The van der Waals surface area contributed by atoms with Crippen molar-refractivity contribution in [3.05, 3.63) is 23.2 Å². The summed E-state index contributed by atoms with van der Waals surface area (Å²) in [5, 5.41) is 0. The maximum atomic E-state index is 12.4. The third-order valence-corrected chi connectivity index (χ3v) is 5.64. The number of carbonyl (C=O) groups is 2. The van der Waals surface area contributed by atoms with Gasteiger partial charge in [-0.25, -0.2) is 9.45 Å². The van der Waals surface area contributed by atoms with Crippen molar-refractivity contribution in [2.24, 2.45) is 0 Å². The van der Waals surface area contributed by atoms with Gasteiger partial charge < -0.3 is 28.8 Å². The van der Waals surface area contributed by atoms with Crippen LogP contribution in [-0.4, -0.2) is 90.8 Å². The van der Waals surface area contributed by atoms with Crippen molar-refractivity contribution in [2.45, 2.75) is 0 Å². The SMILES string of the molecule is COOS(=O)(=O)OP(=O)(O)O.O=C1C=C(N2CC2)C(=O)C(N2CC2)=C1N1CC1.[H-].[H-].[H-].[Na+].[Na+].[Na+]. The maximum Gasteiger partial charge on any atom is 1.00 e. The fraction of sp³-hybridized carbons (Fsp3) is 0.538. The van der Waals surface area contributed by atoms with Crippen molar-refractivity contribution in [3.8, 4) is 0 Å². The van der Waals surface area contributed by atoms with Gasteiger partial charge in [0.1, 0.15) is 11.4 Å². The molecule has 18 heteroatoms. The van der Waals surface area contributed by atoms with Crippen LogP contribution in [0.25, 0.3) is 0 Å². The Morgan fingerprint density at radius 2 is 1.39 bits per heavy atom. The monoisotopic (exact) mass is 511 g/mol. The second kappa shape index (κ2) is 12.8. The number of carbonyl (C=O) groups excluding carboxylic acids is 2. The minimum atomic E-state index is -5.11. The largest absolute Gasteiger partial charge is 1.00 e. The molecule has 3 saturated heterocycles. The van der Waals surface area contributed by atoms with Crippen LogP contribution in [-0.2, 0) is 37.7 Å². The molecular formula is C13H21N3Na3O10PS. The van der Waals surface area contributed by atoms with E-state index in [4.69, 9.17) is 9.79 Å². The Bertz CT molecular complexity index is 924. The van der Waals surface area contributed by atoms with Crippen LogP contribution in [0.3, 0.4) is 0 Å². The van der Waals surface area contributed by atoms with Crippen molar-refractivity contribution < 1.29 is 139 Å². The first-order valence-electron chi connectivity index (χ1n) is 8.06. The van der Waals surface area contributed by atoms with E-state index in [0.29, 0.717) is 17.1 Å². The number of nitrogens with zero attached hydrogens (tertiary/aromatic N) is 3. The van der Waals surface area contributed by atoms with E-state index in [1.807, 2.05) is 14.7 Å². The Kier molecular flexibility index (Phi) is 13.3. The van der Waals surface area contributed by atoms with E-state index < -0.39 is 18.2 Å². The molecule has 0 radical (unpaired) electrons. The molecule has 4 aliphatic rings. The Hall–Kier alpha value is 1.20. The summed E-state index contributed by atoms with van der Waals surface area (Å²) in [6.45, 7) is 5.41. The van der Waals surface area contributed by atoms with Gasteiger partial charge in [-0.1, -0.05) is 4.33 Å². The first-order chi connectivity index (χ1) is 13.0. The number of allylic oxidation sites excluding steroid dienone is 1. The molecule has 13 nitrogen and oxygen atoms in total. The second-order valence-corrected chi connectivity index (χ2v) is 8.62. The van der Waals surface area contributed by atoms with Gasteiger partial charge in [0.05, 0.1) is 12.8 Å². The number of rotatable bonds is 7. The molecular weight excluding hydrogens is 490 g/mol. The van der Waals surface area contributed by atoms with Crippen LogP contribution < -0.4 is 88.7 Å². The van der Waals surface area contributed by atoms with Crippen LogP contribution in [0.2, 0.25) is 0 Å². The summed E-state index contributed by atoms with van der Waals surface area (Å²) in [7, 11) is -9.05. The second-order valence-electron chi connectivity index (χ2n) is 6.09. The molecule has 4 rings (SSSR count). The van der Waals surface area contributed by atoms with Crippen molar-refractivity contribution in [2.75, 3.05) is 46.4 Å².